The molecular weight excluding hydrogens is 282 g/mol. The van der Waals surface area contributed by atoms with E-state index in [2.05, 4.69) is 0 Å². The predicted octanol–water partition coefficient (Wildman–Crippen LogP) is 5.76. The lowest BCUT2D eigenvalue weighted by molar-refractivity contribution is 0.619. The van der Waals surface area contributed by atoms with E-state index >= 15 is 0 Å². The van der Waals surface area contributed by atoms with Crippen LogP contribution in [0.1, 0.15) is 5.56 Å². The zero-order chi connectivity index (χ0) is 12.6. The monoisotopic (exact) mass is 288 g/mol. The van der Waals surface area contributed by atoms with Crippen molar-refractivity contribution in [3.05, 3.63) is 56.8 Å². The summed E-state index contributed by atoms with van der Waals surface area (Å²) >= 11 is 18.0. The van der Waals surface area contributed by atoms with E-state index in [1.807, 2.05) is 0 Å². The predicted molar refractivity (Wildman–Crippen MR) is 71.6 cm³/mol. The Morgan fingerprint density at radius 1 is 1.00 bits per heavy atom. The molecule has 0 nitrogen and oxygen atoms in total. The molecule has 88 valence electrons. The second-order valence-corrected chi connectivity index (χ2v) is 4.88. The highest BCUT2D eigenvalue weighted by molar-refractivity contribution is 6.45. The van der Waals surface area contributed by atoms with Crippen molar-refractivity contribution in [2.24, 2.45) is 0 Å². The van der Waals surface area contributed by atoms with Gasteiger partial charge in [-0.15, -0.1) is 0 Å². The van der Waals surface area contributed by atoms with Crippen LogP contribution in [0.5, 0.6) is 0 Å². The molecule has 0 atom stereocenters. The zero-order valence-electron chi connectivity index (χ0n) is 8.90. The number of hydrogen-bond acceptors (Lipinski definition) is 0. The number of benzene rings is 2. The van der Waals surface area contributed by atoms with Gasteiger partial charge in [0.2, 0.25) is 0 Å². The Labute approximate surface area is 114 Å². The fourth-order valence-corrected chi connectivity index (χ4v) is 2.36. The first-order chi connectivity index (χ1) is 8.00. The highest BCUT2D eigenvalue weighted by Gasteiger charge is 2.12. The van der Waals surface area contributed by atoms with Crippen LogP contribution < -0.4 is 0 Å². The Morgan fingerprint density at radius 3 is 2.41 bits per heavy atom. The summed E-state index contributed by atoms with van der Waals surface area (Å²) in [5, 5.41) is 1.21. The summed E-state index contributed by atoms with van der Waals surface area (Å²) in [6, 6.07) is 8.05. The molecule has 0 aliphatic rings. The Hall–Kier alpha value is -0.760. The van der Waals surface area contributed by atoms with Gasteiger partial charge in [0.25, 0.3) is 0 Å². The molecule has 0 radical (unpaired) electrons. The van der Waals surface area contributed by atoms with Crippen molar-refractivity contribution in [3.63, 3.8) is 0 Å². The van der Waals surface area contributed by atoms with E-state index in [0.717, 1.165) is 0 Å². The SMILES string of the molecule is Cc1c(F)cccc1-c1cc(Cl)cc(Cl)c1Cl. The van der Waals surface area contributed by atoms with Crippen LogP contribution >= 0.6 is 34.8 Å². The van der Waals surface area contributed by atoms with E-state index in [1.54, 1.807) is 31.2 Å². The van der Waals surface area contributed by atoms with Gasteiger partial charge in [-0.1, -0.05) is 46.9 Å². The topological polar surface area (TPSA) is 0 Å². The average molecular weight is 290 g/mol. The highest BCUT2D eigenvalue weighted by atomic mass is 35.5. The van der Waals surface area contributed by atoms with Gasteiger partial charge in [-0.25, -0.2) is 4.39 Å². The molecule has 0 unspecified atom stereocenters. The lowest BCUT2D eigenvalue weighted by Gasteiger charge is -2.10. The van der Waals surface area contributed by atoms with Crippen LogP contribution in [-0.4, -0.2) is 0 Å². The second-order valence-electron chi connectivity index (χ2n) is 3.66. The van der Waals surface area contributed by atoms with Crippen molar-refractivity contribution >= 4 is 34.8 Å². The maximum absolute atomic E-state index is 13.5. The standard InChI is InChI=1S/C13H8Cl3F/c1-7-9(3-2-4-12(7)17)10-5-8(14)6-11(15)13(10)16/h2-6H,1H3. The van der Waals surface area contributed by atoms with Crippen molar-refractivity contribution in [3.8, 4) is 11.1 Å². The molecule has 0 aliphatic heterocycles. The van der Waals surface area contributed by atoms with Gasteiger partial charge in [0.05, 0.1) is 10.0 Å². The summed E-state index contributed by atoms with van der Waals surface area (Å²) in [5.74, 6) is -0.283. The minimum absolute atomic E-state index is 0.283. The quantitative estimate of drug-likeness (QED) is 0.585. The lowest BCUT2D eigenvalue weighted by Crippen LogP contribution is -1.89. The van der Waals surface area contributed by atoms with E-state index in [4.69, 9.17) is 34.8 Å². The summed E-state index contributed by atoms with van der Waals surface area (Å²) in [6.07, 6.45) is 0. The van der Waals surface area contributed by atoms with Crippen molar-refractivity contribution in [2.45, 2.75) is 6.92 Å². The third-order valence-electron chi connectivity index (χ3n) is 2.55. The highest BCUT2D eigenvalue weighted by Crippen LogP contribution is 2.38. The molecule has 17 heavy (non-hydrogen) atoms. The third kappa shape index (κ3) is 2.42. The molecule has 0 heterocycles. The van der Waals surface area contributed by atoms with E-state index in [-0.39, 0.29) is 5.82 Å². The van der Waals surface area contributed by atoms with E-state index in [9.17, 15) is 4.39 Å². The van der Waals surface area contributed by atoms with Gasteiger partial charge in [-0.05, 0) is 36.2 Å². The Bertz CT molecular complexity index is 579. The first-order valence-electron chi connectivity index (χ1n) is 4.90. The van der Waals surface area contributed by atoms with Gasteiger partial charge in [0.1, 0.15) is 5.82 Å². The molecule has 0 amide bonds. The van der Waals surface area contributed by atoms with Crippen LogP contribution in [0.3, 0.4) is 0 Å². The minimum Gasteiger partial charge on any atom is -0.207 e. The number of halogens is 4. The fourth-order valence-electron chi connectivity index (χ4n) is 1.65. The molecule has 0 saturated heterocycles. The molecule has 0 bridgehead atoms. The molecule has 2 aromatic carbocycles. The van der Waals surface area contributed by atoms with Crippen LogP contribution in [0.4, 0.5) is 4.39 Å². The van der Waals surface area contributed by atoms with Crippen molar-refractivity contribution < 1.29 is 4.39 Å². The molecule has 0 N–H and O–H groups in total. The smallest absolute Gasteiger partial charge is 0.126 e. The van der Waals surface area contributed by atoms with Crippen molar-refractivity contribution in [2.75, 3.05) is 0 Å². The van der Waals surface area contributed by atoms with Gasteiger partial charge in [-0.3, -0.25) is 0 Å². The van der Waals surface area contributed by atoms with Crippen LogP contribution in [0.25, 0.3) is 11.1 Å². The van der Waals surface area contributed by atoms with Gasteiger partial charge >= 0.3 is 0 Å². The van der Waals surface area contributed by atoms with Crippen molar-refractivity contribution in [1.82, 2.24) is 0 Å². The Morgan fingerprint density at radius 2 is 1.71 bits per heavy atom. The summed E-state index contributed by atoms with van der Waals surface area (Å²) in [6.45, 7) is 1.69. The first kappa shape index (κ1) is 12.7. The fraction of sp³-hybridized carbons (Fsp3) is 0.0769. The van der Waals surface area contributed by atoms with E-state index in [0.29, 0.717) is 31.8 Å². The van der Waals surface area contributed by atoms with Gasteiger partial charge in [0, 0.05) is 10.6 Å². The Balaban J connectivity index is 2.73. The molecule has 0 fully saturated rings. The Kier molecular flexibility index (Phi) is 3.62. The molecule has 0 aromatic heterocycles. The van der Waals surface area contributed by atoms with E-state index < -0.39 is 0 Å². The van der Waals surface area contributed by atoms with Crippen molar-refractivity contribution in [1.29, 1.82) is 0 Å². The van der Waals surface area contributed by atoms with Crippen LogP contribution in [0.2, 0.25) is 15.1 Å². The number of hydrogen-bond donors (Lipinski definition) is 0. The molecule has 0 aliphatic carbocycles. The second kappa shape index (κ2) is 4.85. The molecule has 2 aromatic rings. The normalized spacial score (nSPS) is 10.6. The molecule has 4 heteroatoms. The zero-order valence-corrected chi connectivity index (χ0v) is 11.2. The summed E-state index contributed by atoms with van der Waals surface area (Å²) < 4.78 is 13.5. The third-order valence-corrected chi connectivity index (χ3v) is 3.57. The van der Waals surface area contributed by atoms with Gasteiger partial charge in [0.15, 0.2) is 0 Å². The van der Waals surface area contributed by atoms with Crippen LogP contribution in [-0.2, 0) is 0 Å². The molecular formula is C13H8Cl3F. The average Bonchev–Trinajstić information content (AvgIpc) is 2.27. The molecule has 2 rings (SSSR count). The maximum atomic E-state index is 13.5. The summed E-state index contributed by atoms with van der Waals surface area (Å²) in [5.41, 5.74) is 1.85. The van der Waals surface area contributed by atoms with E-state index in [1.165, 1.54) is 6.07 Å². The van der Waals surface area contributed by atoms with Gasteiger partial charge < -0.3 is 0 Å². The minimum atomic E-state index is -0.283. The summed E-state index contributed by atoms with van der Waals surface area (Å²) in [7, 11) is 0. The van der Waals surface area contributed by atoms with Gasteiger partial charge in [-0.2, -0.15) is 0 Å². The largest absolute Gasteiger partial charge is 0.207 e. The maximum Gasteiger partial charge on any atom is 0.126 e. The lowest BCUT2D eigenvalue weighted by atomic mass is 10.0. The molecule has 0 spiro atoms. The van der Waals surface area contributed by atoms with Crippen LogP contribution in [0, 0.1) is 12.7 Å². The summed E-state index contributed by atoms with van der Waals surface area (Å²) in [4.78, 5) is 0. The van der Waals surface area contributed by atoms with Crippen LogP contribution in [0.15, 0.2) is 30.3 Å². The molecule has 0 saturated carbocycles. The number of rotatable bonds is 1. The first-order valence-corrected chi connectivity index (χ1v) is 6.04.